The van der Waals surface area contributed by atoms with Crippen molar-refractivity contribution in [3.05, 3.63) is 24.2 Å². The van der Waals surface area contributed by atoms with Gasteiger partial charge in [-0.05, 0) is 44.9 Å². The van der Waals surface area contributed by atoms with E-state index in [4.69, 9.17) is 4.42 Å². The van der Waals surface area contributed by atoms with Crippen LogP contribution in [0.2, 0.25) is 0 Å². The van der Waals surface area contributed by atoms with Crippen LogP contribution in [0.25, 0.3) is 0 Å². The van der Waals surface area contributed by atoms with Crippen LogP contribution in [-0.2, 0) is 11.2 Å². The number of halogens is 1. The second-order valence-corrected chi connectivity index (χ2v) is 6.80. The van der Waals surface area contributed by atoms with Crippen LogP contribution in [-0.4, -0.2) is 74.5 Å². The predicted molar refractivity (Wildman–Crippen MR) is 120 cm³/mol. The molecule has 0 radical (unpaired) electrons. The largest absolute Gasteiger partial charge is 0.469 e. The highest BCUT2D eigenvalue weighted by molar-refractivity contribution is 14.0. The van der Waals surface area contributed by atoms with E-state index in [0.717, 1.165) is 70.1 Å². The molecule has 1 unspecified atom stereocenters. The van der Waals surface area contributed by atoms with Crippen molar-refractivity contribution in [2.45, 2.75) is 38.6 Å². The van der Waals surface area contributed by atoms with Gasteiger partial charge in [0.05, 0.1) is 12.3 Å². The van der Waals surface area contributed by atoms with E-state index < -0.39 is 0 Å². The lowest BCUT2D eigenvalue weighted by molar-refractivity contribution is -0.133. The first-order valence-corrected chi connectivity index (χ1v) is 9.61. The van der Waals surface area contributed by atoms with Crippen molar-refractivity contribution < 1.29 is 9.21 Å². The summed E-state index contributed by atoms with van der Waals surface area (Å²) in [5.41, 5.74) is 0. The zero-order valence-corrected chi connectivity index (χ0v) is 19.1. The molecule has 1 aliphatic rings. The Morgan fingerprint density at radius 2 is 2.22 bits per heavy atom. The van der Waals surface area contributed by atoms with Crippen molar-refractivity contribution in [1.82, 2.24) is 20.4 Å². The number of likely N-dealkylation sites (N-methyl/N-ethyl adjacent to an activating group) is 1. The number of furan rings is 1. The number of nitrogens with zero attached hydrogens (tertiary/aromatic N) is 3. The maximum absolute atomic E-state index is 12.2. The molecule has 2 N–H and O–H groups in total. The number of carbonyl (C=O) groups excluding carboxylic acids is 1. The Hall–Kier alpha value is -1.29. The third-order valence-corrected chi connectivity index (χ3v) is 4.55. The molecule has 7 nitrogen and oxygen atoms in total. The first-order chi connectivity index (χ1) is 12.6. The van der Waals surface area contributed by atoms with Crippen LogP contribution >= 0.6 is 24.0 Å². The van der Waals surface area contributed by atoms with Gasteiger partial charge in [0.15, 0.2) is 5.96 Å². The monoisotopic (exact) mass is 491 g/mol. The Morgan fingerprint density at radius 1 is 1.41 bits per heavy atom. The number of rotatable bonds is 9. The number of likely N-dealkylation sites (tertiary alicyclic amines) is 1. The number of hydrogen-bond donors (Lipinski definition) is 2. The van der Waals surface area contributed by atoms with E-state index in [1.165, 1.54) is 0 Å². The number of amides is 1. The summed E-state index contributed by atoms with van der Waals surface area (Å²) in [6.45, 7) is 6.35. The molecule has 0 bridgehead atoms. The molecule has 1 amide bonds. The number of aliphatic imine (C=N–C) groups is 1. The first-order valence-electron chi connectivity index (χ1n) is 9.61. The molecule has 1 aromatic heterocycles. The van der Waals surface area contributed by atoms with Gasteiger partial charge in [0.2, 0.25) is 5.91 Å². The van der Waals surface area contributed by atoms with E-state index in [1.807, 2.05) is 26.2 Å². The zero-order valence-electron chi connectivity index (χ0n) is 16.7. The van der Waals surface area contributed by atoms with Crippen molar-refractivity contribution in [2.75, 3.05) is 46.8 Å². The fraction of sp³-hybridized carbons (Fsp3) is 0.684. The van der Waals surface area contributed by atoms with Crippen molar-refractivity contribution in [3.63, 3.8) is 0 Å². The number of hydrogen-bond acceptors (Lipinski definition) is 4. The summed E-state index contributed by atoms with van der Waals surface area (Å²) >= 11 is 0. The fourth-order valence-corrected chi connectivity index (χ4v) is 3.24. The quantitative estimate of drug-likeness (QED) is 0.239. The van der Waals surface area contributed by atoms with Crippen LogP contribution in [0.3, 0.4) is 0 Å². The Morgan fingerprint density at radius 3 is 2.89 bits per heavy atom. The molecule has 2 heterocycles. The Kier molecular flexibility index (Phi) is 11.4. The van der Waals surface area contributed by atoms with Gasteiger partial charge in [0.25, 0.3) is 0 Å². The number of guanidine groups is 1. The molecule has 1 saturated heterocycles. The molecule has 1 atom stereocenters. The molecule has 0 aromatic carbocycles. The summed E-state index contributed by atoms with van der Waals surface area (Å²) < 4.78 is 5.34. The third kappa shape index (κ3) is 8.08. The van der Waals surface area contributed by atoms with Crippen LogP contribution < -0.4 is 10.6 Å². The van der Waals surface area contributed by atoms with Crippen molar-refractivity contribution in [2.24, 2.45) is 4.99 Å². The molecule has 2 rings (SSSR count). The number of nitrogens with one attached hydrogen (secondary N) is 2. The van der Waals surface area contributed by atoms with E-state index in [2.05, 4.69) is 27.4 Å². The van der Waals surface area contributed by atoms with Gasteiger partial charge in [-0.2, -0.15) is 0 Å². The average molecular weight is 491 g/mol. The van der Waals surface area contributed by atoms with Crippen LogP contribution in [0.4, 0.5) is 0 Å². The lowest BCUT2D eigenvalue weighted by Crippen LogP contribution is -2.43. The lowest BCUT2D eigenvalue weighted by Gasteiger charge is -2.25. The van der Waals surface area contributed by atoms with Crippen molar-refractivity contribution in [1.29, 1.82) is 0 Å². The molecule has 1 aromatic rings. The summed E-state index contributed by atoms with van der Waals surface area (Å²) in [5.74, 6) is 2.03. The average Bonchev–Trinajstić information content (AvgIpc) is 3.29. The highest BCUT2D eigenvalue weighted by atomic mass is 127. The smallest absolute Gasteiger partial charge is 0.239 e. The van der Waals surface area contributed by atoms with Gasteiger partial charge in [0.1, 0.15) is 5.76 Å². The summed E-state index contributed by atoms with van der Waals surface area (Å²) in [6, 6.07) is 3.93. The van der Waals surface area contributed by atoms with Crippen LogP contribution in [0.15, 0.2) is 27.8 Å². The highest BCUT2D eigenvalue weighted by Gasteiger charge is 2.30. The minimum atomic E-state index is 0. The second kappa shape index (κ2) is 13.0. The van der Waals surface area contributed by atoms with Crippen LogP contribution in [0, 0.1) is 0 Å². The molecule has 154 valence electrons. The van der Waals surface area contributed by atoms with E-state index in [1.54, 1.807) is 11.2 Å². The van der Waals surface area contributed by atoms with Gasteiger partial charge in [0, 0.05) is 46.7 Å². The maximum atomic E-state index is 12.2. The van der Waals surface area contributed by atoms with Gasteiger partial charge in [-0.3, -0.25) is 14.7 Å². The fourth-order valence-electron chi connectivity index (χ4n) is 3.24. The lowest BCUT2D eigenvalue weighted by atomic mass is 10.2. The Labute approximate surface area is 180 Å². The Balaban J connectivity index is 0.00000364. The van der Waals surface area contributed by atoms with E-state index in [0.29, 0.717) is 0 Å². The van der Waals surface area contributed by atoms with Gasteiger partial charge in [-0.1, -0.05) is 0 Å². The summed E-state index contributed by atoms with van der Waals surface area (Å²) in [4.78, 5) is 20.9. The second-order valence-electron chi connectivity index (χ2n) is 6.80. The predicted octanol–water partition coefficient (Wildman–Crippen LogP) is 1.94. The molecule has 0 aliphatic carbocycles. The van der Waals surface area contributed by atoms with Gasteiger partial charge in [-0.15, -0.1) is 24.0 Å². The van der Waals surface area contributed by atoms with Crippen LogP contribution in [0.1, 0.15) is 31.9 Å². The van der Waals surface area contributed by atoms with Crippen molar-refractivity contribution >= 4 is 35.8 Å². The molecule has 1 aliphatic heterocycles. The van der Waals surface area contributed by atoms with E-state index in [-0.39, 0.29) is 35.9 Å². The van der Waals surface area contributed by atoms with Gasteiger partial charge < -0.3 is 20.0 Å². The minimum Gasteiger partial charge on any atom is -0.469 e. The van der Waals surface area contributed by atoms with Gasteiger partial charge >= 0.3 is 0 Å². The first kappa shape index (κ1) is 23.7. The molecule has 8 heteroatoms. The molecular formula is C19H34IN5O2. The van der Waals surface area contributed by atoms with Crippen LogP contribution in [0.5, 0.6) is 0 Å². The molecule has 27 heavy (non-hydrogen) atoms. The van der Waals surface area contributed by atoms with E-state index >= 15 is 0 Å². The third-order valence-electron chi connectivity index (χ3n) is 4.55. The molecule has 1 fully saturated rings. The summed E-state index contributed by atoms with van der Waals surface area (Å²) in [5, 5.41) is 6.60. The normalized spacial score (nSPS) is 17.4. The Bertz CT molecular complexity index is 562. The molecule has 0 spiro atoms. The van der Waals surface area contributed by atoms with Gasteiger partial charge in [-0.25, -0.2) is 0 Å². The number of carbonyl (C=O) groups is 1. The summed E-state index contributed by atoms with van der Waals surface area (Å²) in [6.07, 6.45) is 5.55. The summed E-state index contributed by atoms with van der Waals surface area (Å²) in [7, 11) is 3.67. The maximum Gasteiger partial charge on any atom is 0.239 e. The SMILES string of the molecule is CCNC(=NCCCN1CCCC1C(=O)N(C)C)NCCc1ccco1.I. The standard InChI is InChI=1S/C19H33N5O2.HI/c1-4-20-19(22-12-10-16-8-6-15-26-16)21-11-7-14-24-13-5-9-17(24)18(25)23(2)3;/h6,8,15,17H,4-5,7,9-14H2,1-3H3,(H2,20,21,22);1H. The molecule has 0 saturated carbocycles. The van der Waals surface area contributed by atoms with Crippen molar-refractivity contribution in [3.8, 4) is 0 Å². The minimum absolute atomic E-state index is 0. The van der Waals surface area contributed by atoms with E-state index in [9.17, 15) is 4.79 Å². The highest BCUT2D eigenvalue weighted by Crippen LogP contribution is 2.18. The topological polar surface area (TPSA) is 73.1 Å². The zero-order chi connectivity index (χ0) is 18.8. The molecular weight excluding hydrogens is 457 g/mol.